The van der Waals surface area contributed by atoms with E-state index in [0.717, 1.165) is 17.4 Å². The molecule has 2 rings (SSSR count). The van der Waals surface area contributed by atoms with E-state index in [0.29, 0.717) is 11.5 Å². The fourth-order valence-electron chi connectivity index (χ4n) is 2.25. The number of hydrogen-bond donors (Lipinski definition) is 0. The lowest BCUT2D eigenvalue weighted by Crippen LogP contribution is -2.15. The molecule has 19 heavy (non-hydrogen) atoms. The van der Waals surface area contributed by atoms with Gasteiger partial charge in [-0.15, -0.1) is 0 Å². The summed E-state index contributed by atoms with van der Waals surface area (Å²) >= 11 is 0. The van der Waals surface area contributed by atoms with Crippen LogP contribution in [0, 0.1) is 18.3 Å². The standard InChI is InChI=1S/C17H16BN/c1-12-4-3-5-16(17(12)18)10-13(2)15-8-6-14(11-19)7-9-15/h3-9,13H,10H2,1-2H3. The molecular formula is C17H16BN. The van der Waals surface area contributed by atoms with Gasteiger partial charge in [0.1, 0.15) is 7.85 Å². The maximum absolute atomic E-state index is 8.80. The zero-order valence-corrected chi connectivity index (χ0v) is 11.4. The first kappa shape index (κ1) is 13.4. The van der Waals surface area contributed by atoms with Gasteiger partial charge in [-0.25, -0.2) is 0 Å². The quantitative estimate of drug-likeness (QED) is 0.762. The summed E-state index contributed by atoms with van der Waals surface area (Å²) in [4.78, 5) is 0. The molecule has 0 N–H and O–H groups in total. The average Bonchev–Trinajstić information content (AvgIpc) is 2.44. The van der Waals surface area contributed by atoms with Crippen LogP contribution in [-0.2, 0) is 6.42 Å². The van der Waals surface area contributed by atoms with Gasteiger partial charge in [0.15, 0.2) is 0 Å². The minimum absolute atomic E-state index is 0.386. The van der Waals surface area contributed by atoms with Crippen molar-refractivity contribution in [2.24, 2.45) is 0 Å². The van der Waals surface area contributed by atoms with Crippen molar-refractivity contribution in [2.75, 3.05) is 0 Å². The van der Waals surface area contributed by atoms with Crippen molar-refractivity contribution < 1.29 is 0 Å². The summed E-state index contributed by atoms with van der Waals surface area (Å²) < 4.78 is 0. The zero-order chi connectivity index (χ0) is 13.8. The Hall–Kier alpha value is -2.01. The number of hydrogen-bond acceptors (Lipinski definition) is 1. The van der Waals surface area contributed by atoms with E-state index in [1.165, 1.54) is 11.1 Å². The Morgan fingerprint density at radius 2 is 1.84 bits per heavy atom. The molecule has 0 amide bonds. The molecular weight excluding hydrogens is 229 g/mol. The van der Waals surface area contributed by atoms with E-state index in [-0.39, 0.29) is 0 Å². The number of rotatable bonds is 3. The van der Waals surface area contributed by atoms with E-state index in [1.807, 2.05) is 43.3 Å². The third-order valence-corrected chi connectivity index (χ3v) is 3.55. The van der Waals surface area contributed by atoms with Crippen LogP contribution < -0.4 is 5.46 Å². The maximum atomic E-state index is 8.80. The Balaban J connectivity index is 2.18. The van der Waals surface area contributed by atoms with Gasteiger partial charge < -0.3 is 0 Å². The lowest BCUT2D eigenvalue weighted by Gasteiger charge is -2.15. The smallest absolute Gasteiger partial charge is 0.114 e. The minimum atomic E-state index is 0.386. The van der Waals surface area contributed by atoms with Gasteiger partial charge in [-0.05, 0) is 37.0 Å². The van der Waals surface area contributed by atoms with Gasteiger partial charge in [-0.3, -0.25) is 0 Å². The van der Waals surface area contributed by atoms with Crippen LogP contribution >= 0.6 is 0 Å². The molecule has 0 saturated heterocycles. The fraction of sp³-hybridized carbons (Fsp3) is 0.235. The van der Waals surface area contributed by atoms with Gasteiger partial charge in [0.05, 0.1) is 11.6 Å². The van der Waals surface area contributed by atoms with E-state index in [2.05, 4.69) is 19.1 Å². The summed E-state index contributed by atoms with van der Waals surface area (Å²) in [5, 5.41) is 8.80. The molecule has 92 valence electrons. The van der Waals surface area contributed by atoms with Gasteiger partial charge in [0.25, 0.3) is 0 Å². The Morgan fingerprint density at radius 1 is 1.16 bits per heavy atom. The van der Waals surface area contributed by atoms with Crippen molar-refractivity contribution in [3.8, 4) is 6.07 Å². The van der Waals surface area contributed by atoms with E-state index in [4.69, 9.17) is 13.1 Å². The molecule has 0 heterocycles. The second kappa shape index (κ2) is 5.76. The zero-order valence-electron chi connectivity index (χ0n) is 11.4. The summed E-state index contributed by atoms with van der Waals surface area (Å²) in [7, 11) is 6.11. The molecule has 2 radical (unpaired) electrons. The lowest BCUT2D eigenvalue weighted by atomic mass is 9.82. The summed E-state index contributed by atoms with van der Waals surface area (Å²) in [5.41, 5.74) is 5.15. The Bertz CT molecular complexity index is 608. The molecule has 2 aromatic carbocycles. The molecule has 1 atom stereocenters. The van der Waals surface area contributed by atoms with Crippen LogP contribution in [0.1, 0.15) is 35.1 Å². The SMILES string of the molecule is [B]c1c(C)cccc1CC(C)c1ccc(C#N)cc1. The summed E-state index contributed by atoms with van der Waals surface area (Å²) in [6.45, 7) is 4.22. The summed E-state index contributed by atoms with van der Waals surface area (Å²) in [5.74, 6) is 0.386. The second-order valence-electron chi connectivity index (χ2n) is 4.99. The number of benzene rings is 2. The van der Waals surface area contributed by atoms with Gasteiger partial charge in [0.2, 0.25) is 0 Å². The van der Waals surface area contributed by atoms with Crippen molar-refractivity contribution in [3.05, 3.63) is 64.7 Å². The Kier molecular flexibility index (Phi) is 4.07. The van der Waals surface area contributed by atoms with E-state index in [1.54, 1.807) is 0 Å². The monoisotopic (exact) mass is 245 g/mol. The first-order chi connectivity index (χ1) is 9.11. The highest BCUT2D eigenvalue weighted by Crippen LogP contribution is 2.20. The number of nitriles is 1. The Labute approximate surface area is 116 Å². The van der Waals surface area contributed by atoms with Crippen LogP contribution in [0.4, 0.5) is 0 Å². The number of aryl methyl sites for hydroxylation is 1. The predicted octanol–water partition coefficient (Wildman–Crippen LogP) is 3.01. The average molecular weight is 245 g/mol. The molecule has 0 aliphatic carbocycles. The molecule has 1 unspecified atom stereocenters. The minimum Gasteiger partial charge on any atom is -0.192 e. The van der Waals surface area contributed by atoms with Crippen molar-refractivity contribution in [3.63, 3.8) is 0 Å². The van der Waals surface area contributed by atoms with Crippen molar-refractivity contribution in [1.29, 1.82) is 5.26 Å². The van der Waals surface area contributed by atoms with Crippen molar-refractivity contribution in [1.82, 2.24) is 0 Å². The molecule has 0 fully saturated rings. The first-order valence-corrected chi connectivity index (χ1v) is 6.46. The highest BCUT2D eigenvalue weighted by Gasteiger charge is 2.09. The molecule has 0 aliphatic rings. The molecule has 0 spiro atoms. The summed E-state index contributed by atoms with van der Waals surface area (Å²) in [6.07, 6.45) is 0.916. The normalized spacial score (nSPS) is 11.8. The van der Waals surface area contributed by atoms with Crippen molar-refractivity contribution >= 4 is 13.3 Å². The number of nitrogens with zero attached hydrogens (tertiary/aromatic N) is 1. The van der Waals surface area contributed by atoms with E-state index < -0.39 is 0 Å². The molecule has 2 aromatic rings. The first-order valence-electron chi connectivity index (χ1n) is 6.46. The van der Waals surface area contributed by atoms with Crippen LogP contribution in [0.15, 0.2) is 42.5 Å². The molecule has 0 saturated carbocycles. The molecule has 0 aromatic heterocycles. The third-order valence-electron chi connectivity index (χ3n) is 3.55. The van der Waals surface area contributed by atoms with Gasteiger partial charge >= 0.3 is 0 Å². The van der Waals surface area contributed by atoms with Crippen LogP contribution in [0.25, 0.3) is 0 Å². The summed E-state index contributed by atoms with van der Waals surface area (Å²) in [6, 6.07) is 16.1. The van der Waals surface area contributed by atoms with Crippen LogP contribution in [-0.4, -0.2) is 7.85 Å². The van der Waals surface area contributed by atoms with Gasteiger partial charge in [-0.2, -0.15) is 5.26 Å². The van der Waals surface area contributed by atoms with E-state index in [9.17, 15) is 0 Å². The second-order valence-corrected chi connectivity index (χ2v) is 4.99. The molecule has 2 heteroatoms. The van der Waals surface area contributed by atoms with E-state index >= 15 is 0 Å². The highest BCUT2D eigenvalue weighted by atomic mass is 14.2. The van der Waals surface area contributed by atoms with Gasteiger partial charge in [0, 0.05) is 0 Å². The highest BCUT2D eigenvalue weighted by molar-refractivity contribution is 6.34. The molecule has 1 nitrogen and oxygen atoms in total. The fourth-order valence-corrected chi connectivity index (χ4v) is 2.25. The largest absolute Gasteiger partial charge is 0.192 e. The van der Waals surface area contributed by atoms with Crippen molar-refractivity contribution in [2.45, 2.75) is 26.2 Å². The van der Waals surface area contributed by atoms with Gasteiger partial charge in [-0.1, -0.05) is 53.8 Å². The topological polar surface area (TPSA) is 23.8 Å². The Morgan fingerprint density at radius 3 is 2.47 bits per heavy atom. The lowest BCUT2D eigenvalue weighted by molar-refractivity contribution is 0.761. The van der Waals surface area contributed by atoms with Crippen LogP contribution in [0.2, 0.25) is 0 Å². The predicted molar refractivity (Wildman–Crippen MR) is 79.8 cm³/mol. The molecule has 0 bridgehead atoms. The third kappa shape index (κ3) is 3.06. The van der Waals surface area contributed by atoms with Crippen LogP contribution in [0.5, 0.6) is 0 Å². The maximum Gasteiger partial charge on any atom is 0.114 e. The molecule has 0 aliphatic heterocycles. The van der Waals surface area contributed by atoms with Crippen LogP contribution in [0.3, 0.4) is 0 Å².